The topological polar surface area (TPSA) is 63.7 Å². The van der Waals surface area contributed by atoms with Gasteiger partial charge in [-0.2, -0.15) is 4.31 Å². The van der Waals surface area contributed by atoms with Crippen LogP contribution in [-0.4, -0.2) is 12.7 Å². The molecule has 120 valence electrons. The van der Waals surface area contributed by atoms with Crippen LogP contribution in [0.25, 0.3) is 0 Å². The van der Waals surface area contributed by atoms with Gasteiger partial charge in [0.25, 0.3) is 0 Å². The monoisotopic (exact) mass is 351 g/mol. The second-order valence-electron chi connectivity index (χ2n) is 4.86. The Labute approximate surface area is 139 Å². The van der Waals surface area contributed by atoms with Gasteiger partial charge in [0.2, 0.25) is 10.0 Å². The zero-order chi connectivity index (χ0) is 16.3. The van der Waals surface area contributed by atoms with Crippen molar-refractivity contribution in [2.75, 3.05) is 0 Å². The van der Waals surface area contributed by atoms with E-state index in [1.54, 1.807) is 42.5 Å². The van der Waals surface area contributed by atoms with Gasteiger partial charge in [0.15, 0.2) is 0 Å². The zero-order valence-corrected chi connectivity index (χ0v) is 13.6. The Morgan fingerprint density at radius 3 is 1.91 bits per heavy atom. The second-order valence-corrected chi connectivity index (χ2v) is 7.18. The van der Waals surface area contributed by atoms with Gasteiger partial charge in [0.05, 0.1) is 30.6 Å². The summed E-state index contributed by atoms with van der Waals surface area (Å²) in [5, 5.41) is 0.177. The summed E-state index contributed by atoms with van der Waals surface area (Å²) in [4.78, 5) is 0.0554. The lowest BCUT2D eigenvalue weighted by molar-refractivity contribution is 0.330. The first-order chi connectivity index (χ1) is 11.1. The van der Waals surface area contributed by atoms with Gasteiger partial charge >= 0.3 is 0 Å². The first-order valence-electron chi connectivity index (χ1n) is 6.87. The van der Waals surface area contributed by atoms with Crippen molar-refractivity contribution in [3.8, 4) is 0 Å². The fraction of sp³-hybridized carbons (Fsp3) is 0.125. The third-order valence-corrected chi connectivity index (χ3v) is 5.57. The maximum Gasteiger partial charge on any atom is 0.245 e. The Bertz CT molecular complexity index is 821. The molecule has 2 heterocycles. The smallest absolute Gasteiger partial charge is 0.245 e. The second kappa shape index (κ2) is 6.62. The van der Waals surface area contributed by atoms with Gasteiger partial charge in [-0.3, -0.25) is 0 Å². The van der Waals surface area contributed by atoms with Crippen LogP contribution in [0.5, 0.6) is 0 Å². The molecule has 2 aromatic heterocycles. The summed E-state index contributed by atoms with van der Waals surface area (Å²) in [6, 6.07) is 13.2. The van der Waals surface area contributed by atoms with E-state index in [1.165, 1.54) is 22.9 Å². The predicted molar refractivity (Wildman–Crippen MR) is 85.3 cm³/mol. The summed E-state index contributed by atoms with van der Waals surface area (Å²) in [5.74, 6) is 1.07. The third kappa shape index (κ3) is 3.50. The normalized spacial score (nSPS) is 11.9. The molecule has 0 saturated heterocycles. The van der Waals surface area contributed by atoms with Gasteiger partial charge < -0.3 is 8.83 Å². The van der Waals surface area contributed by atoms with Crippen molar-refractivity contribution >= 4 is 21.6 Å². The number of hydrogen-bond acceptors (Lipinski definition) is 4. The lowest BCUT2D eigenvalue weighted by Crippen LogP contribution is -2.30. The Morgan fingerprint density at radius 1 is 0.870 bits per heavy atom. The Balaban J connectivity index is 1.98. The lowest BCUT2D eigenvalue weighted by atomic mass is 10.4. The molecular formula is C16H14ClNO4S. The number of nitrogens with zero attached hydrogens (tertiary/aromatic N) is 1. The molecule has 0 atom stereocenters. The van der Waals surface area contributed by atoms with E-state index < -0.39 is 10.0 Å². The SMILES string of the molecule is O=S(=O)(c1ccccc1Cl)N(Cc1ccco1)Cc1ccco1. The van der Waals surface area contributed by atoms with E-state index in [0.29, 0.717) is 11.5 Å². The fourth-order valence-corrected chi connectivity index (χ4v) is 4.04. The largest absolute Gasteiger partial charge is 0.468 e. The molecule has 23 heavy (non-hydrogen) atoms. The van der Waals surface area contributed by atoms with Crippen molar-refractivity contribution in [1.29, 1.82) is 0 Å². The van der Waals surface area contributed by atoms with Crippen LogP contribution in [0.15, 0.2) is 74.8 Å². The minimum Gasteiger partial charge on any atom is -0.468 e. The van der Waals surface area contributed by atoms with Crippen LogP contribution in [0.4, 0.5) is 0 Å². The number of rotatable bonds is 6. The highest BCUT2D eigenvalue weighted by Crippen LogP contribution is 2.27. The average molecular weight is 352 g/mol. The van der Waals surface area contributed by atoms with Gasteiger partial charge in [-0.15, -0.1) is 0 Å². The molecule has 5 nitrogen and oxygen atoms in total. The Kier molecular flexibility index (Phi) is 4.56. The first-order valence-corrected chi connectivity index (χ1v) is 8.68. The minimum atomic E-state index is -3.80. The van der Waals surface area contributed by atoms with Crippen LogP contribution in [0, 0.1) is 0 Å². The van der Waals surface area contributed by atoms with E-state index >= 15 is 0 Å². The Morgan fingerprint density at radius 2 is 1.43 bits per heavy atom. The molecular weight excluding hydrogens is 338 g/mol. The predicted octanol–water partition coefficient (Wildman–Crippen LogP) is 3.92. The summed E-state index contributed by atoms with van der Waals surface area (Å²) in [6.45, 7) is 0.169. The molecule has 0 aliphatic carbocycles. The quantitative estimate of drug-likeness (QED) is 0.675. The van der Waals surface area contributed by atoms with Crippen molar-refractivity contribution in [1.82, 2.24) is 4.31 Å². The number of sulfonamides is 1. The highest BCUT2D eigenvalue weighted by Gasteiger charge is 2.28. The summed E-state index contributed by atoms with van der Waals surface area (Å²) in [5.41, 5.74) is 0. The molecule has 0 saturated carbocycles. The van der Waals surface area contributed by atoms with Crippen LogP contribution in [0.1, 0.15) is 11.5 Å². The van der Waals surface area contributed by atoms with E-state index in [-0.39, 0.29) is 23.0 Å². The maximum absolute atomic E-state index is 13.0. The van der Waals surface area contributed by atoms with Crippen molar-refractivity contribution in [2.24, 2.45) is 0 Å². The Hall–Kier alpha value is -2.02. The van der Waals surface area contributed by atoms with E-state index in [4.69, 9.17) is 20.4 Å². The molecule has 0 radical (unpaired) electrons. The summed E-state index contributed by atoms with van der Waals surface area (Å²) >= 11 is 6.06. The molecule has 0 spiro atoms. The van der Waals surface area contributed by atoms with E-state index in [1.807, 2.05) is 0 Å². The molecule has 0 aliphatic heterocycles. The molecule has 0 N–H and O–H groups in total. The van der Waals surface area contributed by atoms with Crippen molar-refractivity contribution < 1.29 is 17.3 Å². The van der Waals surface area contributed by atoms with Crippen LogP contribution in [-0.2, 0) is 23.1 Å². The van der Waals surface area contributed by atoms with E-state index in [0.717, 1.165) is 0 Å². The van der Waals surface area contributed by atoms with Gasteiger partial charge in [-0.05, 0) is 36.4 Å². The standard InChI is InChI=1S/C16H14ClNO4S/c17-15-7-1-2-8-16(15)23(19,20)18(11-13-5-3-9-21-13)12-14-6-4-10-22-14/h1-10H,11-12H2. The molecule has 0 fully saturated rings. The molecule has 0 unspecified atom stereocenters. The lowest BCUT2D eigenvalue weighted by Gasteiger charge is -2.20. The zero-order valence-electron chi connectivity index (χ0n) is 12.1. The van der Waals surface area contributed by atoms with Gasteiger partial charge in [-0.1, -0.05) is 23.7 Å². The van der Waals surface area contributed by atoms with Crippen molar-refractivity contribution in [2.45, 2.75) is 18.0 Å². The average Bonchev–Trinajstić information content (AvgIpc) is 3.20. The van der Waals surface area contributed by atoms with Crippen LogP contribution < -0.4 is 0 Å². The molecule has 3 aromatic rings. The first kappa shape index (κ1) is 15.9. The minimum absolute atomic E-state index is 0.0554. The van der Waals surface area contributed by atoms with Crippen LogP contribution in [0.2, 0.25) is 5.02 Å². The highest BCUT2D eigenvalue weighted by atomic mass is 35.5. The number of halogens is 1. The number of benzene rings is 1. The van der Waals surface area contributed by atoms with Crippen molar-refractivity contribution in [3.05, 3.63) is 77.6 Å². The molecule has 7 heteroatoms. The van der Waals surface area contributed by atoms with Gasteiger partial charge in [-0.25, -0.2) is 8.42 Å². The maximum atomic E-state index is 13.0. The van der Waals surface area contributed by atoms with Gasteiger partial charge in [0, 0.05) is 0 Å². The van der Waals surface area contributed by atoms with Gasteiger partial charge in [0.1, 0.15) is 16.4 Å². The number of furan rings is 2. The van der Waals surface area contributed by atoms with Crippen LogP contribution >= 0.6 is 11.6 Å². The van der Waals surface area contributed by atoms with Crippen molar-refractivity contribution in [3.63, 3.8) is 0 Å². The summed E-state index contributed by atoms with van der Waals surface area (Å²) < 4.78 is 37.7. The molecule has 0 aliphatic rings. The third-order valence-electron chi connectivity index (χ3n) is 3.28. The molecule has 0 amide bonds. The highest BCUT2D eigenvalue weighted by molar-refractivity contribution is 7.89. The molecule has 0 bridgehead atoms. The van der Waals surface area contributed by atoms with E-state index in [9.17, 15) is 8.42 Å². The summed E-state index contributed by atoms with van der Waals surface area (Å²) in [7, 11) is -3.80. The molecule has 1 aromatic carbocycles. The van der Waals surface area contributed by atoms with Crippen LogP contribution in [0.3, 0.4) is 0 Å². The summed E-state index contributed by atoms with van der Waals surface area (Å²) in [6.07, 6.45) is 3.01. The van der Waals surface area contributed by atoms with E-state index in [2.05, 4.69) is 0 Å². The number of hydrogen-bond donors (Lipinski definition) is 0. The molecule has 3 rings (SSSR count). The fourth-order valence-electron chi connectivity index (χ4n) is 2.17.